The van der Waals surface area contributed by atoms with Crippen LogP contribution in [0.25, 0.3) is 11.3 Å². The summed E-state index contributed by atoms with van der Waals surface area (Å²) in [5.74, 6) is 1.82. The molecule has 27 heavy (non-hydrogen) atoms. The van der Waals surface area contributed by atoms with E-state index in [9.17, 15) is 4.79 Å². The predicted molar refractivity (Wildman–Crippen MR) is 106 cm³/mol. The average molecular weight is 384 g/mol. The van der Waals surface area contributed by atoms with Crippen molar-refractivity contribution in [3.8, 4) is 28.5 Å². The first kappa shape index (κ1) is 18.7. The molecule has 140 valence electrons. The molecule has 0 atom stereocenters. The highest BCUT2D eigenvalue weighted by Crippen LogP contribution is 2.32. The highest BCUT2D eigenvalue weighted by molar-refractivity contribution is 7.14. The van der Waals surface area contributed by atoms with Gasteiger partial charge in [-0.3, -0.25) is 10.1 Å². The second kappa shape index (κ2) is 9.05. The summed E-state index contributed by atoms with van der Waals surface area (Å²) in [6.07, 6.45) is 0. The van der Waals surface area contributed by atoms with E-state index in [0.717, 1.165) is 22.8 Å². The number of carbonyl (C=O) groups excluding carboxylic acids is 1. The maximum absolute atomic E-state index is 12.1. The molecular formula is C20H20N2O4S. The summed E-state index contributed by atoms with van der Waals surface area (Å²) < 4.78 is 16.2. The highest BCUT2D eigenvalue weighted by atomic mass is 32.1. The van der Waals surface area contributed by atoms with E-state index < -0.39 is 0 Å². The Kier molecular flexibility index (Phi) is 6.27. The molecule has 2 aromatic carbocycles. The van der Waals surface area contributed by atoms with Gasteiger partial charge in [-0.1, -0.05) is 12.1 Å². The van der Waals surface area contributed by atoms with E-state index in [4.69, 9.17) is 14.2 Å². The lowest BCUT2D eigenvalue weighted by Crippen LogP contribution is -2.20. The average Bonchev–Trinajstić information content (AvgIpc) is 3.15. The van der Waals surface area contributed by atoms with Gasteiger partial charge in [0.2, 0.25) is 0 Å². The monoisotopic (exact) mass is 384 g/mol. The van der Waals surface area contributed by atoms with Gasteiger partial charge in [-0.2, -0.15) is 0 Å². The number of anilines is 1. The molecule has 1 heterocycles. The zero-order valence-corrected chi connectivity index (χ0v) is 15.9. The number of rotatable bonds is 8. The van der Waals surface area contributed by atoms with Gasteiger partial charge in [0.15, 0.2) is 11.7 Å². The van der Waals surface area contributed by atoms with Crippen molar-refractivity contribution >= 4 is 22.4 Å². The van der Waals surface area contributed by atoms with Gasteiger partial charge >= 0.3 is 0 Å². The molecule has 0 spiro atoms. The van der Waals surface area contributed by atoms with Gasteiger partial charge in [-0.15, -0.1) is 11.3 Å². The number of amides is 1. The minimum absolute atomic E-state index is 0.100. The van der Waals surface area contributed by atoms with Crippen molar-refractivity contribution in [2.75, 3.05) is 25.6 Å². The minimum Gasteiger partial charge on any atom is -0.497 e. The first-order valence-electron chi connectivity index (χ1n) is 8.44. The second-order valence-electron chi connectivity index (χ2n) is 5.48. The molecule has 0 bridgehead atoms. The van der Waals surface area contributed by atoms with Gasteiger partial charge in [-0.25, -0.2) is 4.98 Å². The maximum atomic E-state index is 12.1. The summed E-state index contributed by atoms with van der Waals surface area (Å²) in [7, 11) is 1.60. The van der Waals surface area contributed by atoms with Crippen molar-refractivity contribution in [3.05, 3.63) is 53.9 Å². The molecule has 0 aliphatic carbocycles. The zero-order chi connectivity index (χ0) is 19.1. The lowest BCUT2D eigenvalue weighted by molar-refractivity contribution is -0.118. The topological polar surface area (TPSA) is 69.7 Å². The largest absolute Gasteiger partial charge is 0.497 e. The van der Waals surface area contributed by atoms with Gasteiger partial charge in [0.25, 0.3) is 5.91 Å². The molecule has 1 aromatic heterocycles. The number of hydrogen-bond acceptors (Lipinski definition) is 6. The number of thiazole rings is 1. The number of methoxy groups -OCH3 is 1. The van der Waals surface area contributed by atoms with Crippen molar-refractivity contribution in [2.24, 2.45) is 0 Å². The number of hydrogen-bond donors (Lipinski definition) is 1. The van der Waals surface area contributed by atoms with Crippen LogP contribution in [0.4, 0.5) is 5.13 Å². The van der Waals surface area contributed by atoms with Crippen LogP contribution in [0.15, 0.2) is 53.9 Å². The third kappa shape index (κ3) is 4.98. The summed E-state index contributed by atoms with van der Waals surface area (Å²) in [6, 6.07) is 14.7. The smallest absolute Gasteiger partial charge is 0.264 e. The van der Waals surface area contributed by atoms with Crippen LogP contribution < -0.4 is 19.5 Å². The molecule has 6 nitrogen and oxygen atoms in total. The SMILES string of the molecule is CCOc1ccccc1-c1csc(NC(=O)COc2ccc(OC)cc2)n1. The predicted octanol–water partition coefficient (Wildman–Crippen LogP) is 4.23. The van der Waals surface area contributed by atoms with Gasteiger partial charge < -0.3 is 14.2 Å². The fourth-order valence-electron chi connectivity index (χ4n) is 2.39. The Balaban J connectivity index is 1.59. The van der Waals surface area contributed by atoms with Crippen LogP contribution in [0, 0.1) is 0 Å². The first-order valence-corrected chi connectivity index (χ1v) is 9.32. The van der Waals surface area contributed by atoms with Crippen LogP contribution in [0.2, 0.25) is 0 Å². The van der Waals surface area contributed by atoms with Crippen molar-refractivity contribution in [1.82, 2.24) is 4.98 Å². The number of ether oxygens (including phenoxy) is 3. The Morgan fingerprint density at radius 3 is 2.56 bits per heavy atom. The lowest BCUT2D eigenvalue weighted by Gasteiger charge is -2.08. The normalized spacial score (nSPS) is 10.3. The molecule has 0 aliphatic rings. The Hall–Kier alpha value is -3.06. The molecule has 0 radical (unpaired) electrons. The third-order valence-corrected chi connectivity index (χ3v) is 4.40. The molecule has 7 heteroatoms. The summed E-state index contributed by atoms with van der Waals surface area (Å²) in [4.78, 5) is 16.6. The standard InChI is InChI=1S/C20H20N2O4S/c1-3-25-18-7-5-4-6-16(18)17-13-27-20(21-17)22-19(23)12-26-15-10-8-14(24-2)9-11-15/h4-11,13H,3,12H2,1-2H3,(H,21,22,23). The summed E-state index contributed by atoms with van der Waals surface area (Å²) in [5, 5.41) is 5.15. The molecule has 1 N–H and O–H groups in total. The van der Waals surface area contributed by atoms with Crippen LogP contribution in [0.1, 0.15) is 6.92 Å². The molecule has 3 rings (SSSR count). The Labute approximate surface area is 161 Å². The molecule has 3 aromatic rings. The summed E-state index contributed by atoms with van der Waals surface area (Å²) in [6.45, 7) is 2.41. The summed E-state index contributed by atoms with van der Waals surface area (Å²) in [5.41, 5.74) is 1.65. The minimum atomic E-state index is -0.273. The molecule has 0 saturated carbocycles. The second-order valence-corrected chi connectivity index (χ2v) is 6.34. The molecule has 0 saturated heterocycles. The van der Waals surface area contributed by atoms with Gasteiger partial charge in [-0.05, 0) is 43.3 Å². The van der Waals surface area contributed by atoms with E-state index >= 15 is 0 Å². The van der Waals surface area contributed by atoms with E-state index in [1.165, 1.54) is 11.3 Å². The number of nitrogens with zero attached hydrogens (tertiary/aromatic N) is 1. The fourth-order valence-corrected chi connectivity index (χ4v) is 3.12. The number of carbonyl (C=O) groups is 1. The van der Waals surface area contributed by atoms with Crippen molar-refractivity contribution in [2.45, 2.75) is 6.92 Å². The summed E-state index contributed by atoms with van der Waals surface area (Å²) >= 11 is 1.36. The van der Waals surface area contributed by atoms with Crippen molar-refractivity contribution in [3.63, 3.8) is 0 Å². The first-order chi connectivity index (χ1) is 13.2. The quantitative estimate of drug-likeness (QED) is 0.629. The fraction of sp³-hybridized carbons (Fsp3) is 0.200. The van der Waals surface area contributed by atoms with Crippen LogP contribution in [0.5, 0.6) is 17.2 Å². The third-order valence-electron chi connectivity index (χ3n) is 3.64. The van der Waals surface area contributed by atoms with Crippen LogP contribution >= 0.6 is 11.3 Å². The number of benzene rings is 2. The lowest BCUT2D eigenvalue weighted by atomic mass is 10.1. The van der Waals surface area contributed by atoms with Crippen molar-refractivity contribution in [1.29, 1.82) is 0 Å². The number of para-hydroxylation sites is 1. The van der Waals surface area contributed by atoms with E-state index in [1.807, 2.05) is 36.6 Å². The van der Waals surface area contributed by atoms with Gasteiger partial charge in [0.05, 0.1) is 19.4 Å². The Morgan fingerprint density at radius 1 is 1.07 bits per heavy atom. The van der Waals surface area contributed by atoms with Crippen LogP contribution in [-0.2, 0) is 4.79 Å². The van der Waals surface area contributed by atoms with Gasteiger partial charge in [0.1, 0.15) is 17.2 Å². The molecule has 0 unspecified atom stereocenters. The van der Waals surface area contributed by atoms with E-state index in [-0.39, 0.29) is 12.5 Å². The molecule has 0 aliphatic heterocycles. The van der Waals surface area contributed by atoms with E-state index in [1.54, 1.807) is 31.4 Å². The van der Waals surface area contributed by atoms with Gasteiger partial charge in [0, 0.05) is 10.9 Å². The van der Waals surface area contributed by atoms with Crippen molar-refractivity contribution < 1.29 is 19.0 Å². The number of nitrogens with one attached hydrogen (secondary N) is 1. The Morgan fingerprint density at radius 2 is 1.81 bits per heavy atom. The molecule has 1 amide bonds. The van der Waals surface area contributed by atoms with Crippen LogP contribution in [-0.4, -0.2) is 31.2 Å². The number of aromatic nitrogens is 1. The molecular weight excluding hydrogens is 364 g/mol. The highest BCUT2D eigenvalue weighted by Gasteiger charge is 2.12. The van der Waals surface area contributed by atoms with E-state index in [2.05, 4.69) is 10.3 Å². The van der Waals surface area contributed by atoms with Crippen LogP contribution in [0.3, 0.4) is 0 Å². The Bertz CT molecular complexity index is 893. The molecule has 0 fully saturated rings. The van der Waals surface area contributed by atoms with E-state index in [0.29, 0.717) is 17.5 Å². The maximum Gasteiger partial charge on any atom is 0.264 e. The zero-order valence-electron chi connectivity index (χ0n) is 15.1.